The minimum Gasteiger partial charge on any atom is -0.462 e. The van der Waals surface area contributed by atoms with Gasteiger partial charge in [0.2, 0.25) is 5.78 Å². The Morgan fingerprint density at radius 2 is 2.09 bits per heavy atom. The number of ether oxygens (including phenoxy) is 1. The summed E-state index contributed by atoms with van der Waals surface area (Å²) in [7, 11) is 0. The Labute approximate surface area is 135 Å². The van der Waals surface area contributed by atoms with Crippen molar-refractivity contribution < 1.29 is 18.7 Å². The second-order valence-electron chi connectivity index (χ2n) is 6.24. The maximum Gasteiger partial charge on any atom is 0.315 e. The first-order valence-electron chi connectivity index (χ1n) is 7.97. The molecule has 1 aliphatic rings. The van der Waals surface area contributed by atoms with Gasteiger partial charge in [-0.25, -0.2) is 0 Å². The summed E-state index contributed by atoms with van der Waals surface area (Å²) in [6, 6.07) is 5.41. The number of rotatable bonds is 4. The van der Waals surface area contributed by atoms with E-state index in [0.29, 0.717) is 11.5 Å². The van der Waals surface area contributed by atoms with E-state index in [1.54, 1.807) is 12.1 Å². The molecule has 5 heteroatoms. The second kappa shape index (κ2) is 6.07. The molecule has 0 bridgehead atoms. The zero-order valence-electron chi connectivity index (χ0n) is 13.7. The summed E-state index contributed by atoms with van der Waals surface area (Å²) < 4.78 is 12.6. The summed E-state index contributed by atoms with van der Waals surface area (Å²) in [5, 5.41) is 0. The highest BCUT2D eigenvalue weighted by Crippen LogP contribution is 2.32. The number of fused-ring (bicyclic) bond motifs is 1. The van der Waals surface area contributed by atoms with Crippen LogP contribution < -0.4 is 0 Å². The molecule has 2 aromatic rings. The molecule has 0 saturated carbocycles. The van der Waals surface area contributed by atoms with Crippen LogP contribution in [0.15, 0.2) is 28.9 Å². The molecule has 0 aliphatic carbocycles. The maximum absolute atomic E-state index is 12.7. The van der Waals surface area contributed by atoms with Crippen LogP contribution in [0.1, 0.15) is 60.1 Å². The Morgan fingerprint density at radius 3 is 2.74 bits per heavy atom. The van der Waals surface area contributed by atoms with Gasteiger partial charge in [-0.3, -0.25) is 9.59 Å². The summed E-state index contributed by atoms with van der Waals surface area (Å²) >= 11 is 0. The first-order valence-corrected chi connectivity index (χ1v) is 7.97. The van der Waals surface area contributed by atoms with Crippen LogP contribution in [-0.2, 0) is 16.1 Å². The van der Waals surface area contributed by atoms with Gasteiger partial charge >= 0.3 is 5.97 Å². The van der Waals surface area contributed by atoms with Gasteiger partial charge in [-0.1, -0.05) is 0 Å². The third-order valence-corrected chi connectivity index (χ3v) is 4.18. The summed E-state index contributed by atoms with van der Waals surface area (Å²) in [6.45, 7) is 6.26. The lowest BCUT2D eigenvalue weighted by Crippen LogP contribution is -2.27. The van der Waals surface area contributed by atoms with Crippen molar-refractivity contribution in [2.24, 2.45) is 0 Å². The lowest BCUT2D eigenvalue weighted by molar-refractivity contribution is -0.149. The highest BCUT2D eigenvalue weighted by molar-refractivity contribution is 6.07. The number of ketones is 1. The zero-order valence-corrected chi connectivity index (χ0v) is 13.7. The first kappa shape index (κ1) is 15.6. The predicted octanol–water partition coefficient (Wildman–Crippen LogP) is 3.45. The van der Waals surface area contributed by atoms with Gasteiger partial charge in [-0.2, -0.15) is 0 Å². The van der Waals surface area contributed by atoms with E-state index in [0.717, 1.165) is 30.6 Å². The van der Waals surface area contributed by atoms with E-state index in [2.05, 4.69) is 0 Å². The van der Waals surface area contributed by atoms with Crippen molar-refractivity contribution in [3.8, 4) is 0 Å². The molecular weight excluding hydrogens is 294 g/mol. The van der Waals surface area contributed by atoms with E-state index in [4.69, 9.17) is 9.15 Å². The van der Waals surface area contributed by atoms with Gasteiger partial charge < -0.3 is 13.7 Å². The molecule has 1 unspecified atom stereocenters. The number of furan rings is 1. The van der Waals surface area contributed by atoms with E-state index in [1.807, 2.05) is 31.4 Å². The fourth-order valence-corrected chi connectivity index (χ4v) is 3.11. The van der Waals surface area contributed by atoms with Crippen LogP contribution in [0.4, 0.5) is 0 Å². The largest absolute Gasteiger partial charge is 0.462 e. The van der Waals surface area contributed by atoms with E-state index >= 15 is 0 Å². The third-order valence-electron chi connectivity index (χ3n) is 4.18. The van der Waals surface area contributed by atoms with Gasteiger partial charge in [0.25, 0.3) is 0 Å². The highest BCUT2D eigenvalue weighted by Gasteiger charge is 2.32. The molecule has 0 spiro atoms. The van der Waals surface area contributed by atoms with Gasteiger partial charge in [0.15, 0.2) is 5.76 Å². The molecule has 23 heavy (non-hydrogen) atoms. The molecule has 0 saturated heterocycles. The van der Waals surface area contributed by atoms with Crippen LogP contribution in [0.25, 0.3) is 0 Å². The molecule has 1 aliphatic heterocycles. The number of nitrogens with zero attached hydrogens (tertiary/aromatic N) is 1. The average Bonchev–Trinajstić information content (AvgIpc) is 3.11. The van der Waals surface area contributed by atoms with Gasteiger partial charge in [0.05, 0.1) is 24.0 Å². The fourth-order valence-electron chi connectivity index (χ4n) is 3.11. The zero-order chi connectivity index (χ0) is 16.6. The smallest absolute Gasteiger partial charge is 0.315 e. The molecule has 0 fully saturated rings. The fraction of sp³-hybridized carbons (Fsp3) is 0.444. The summed E-state index contributed by atoms with van der Waals surface area (Å²) in [6.07, 6.45) is 2.98. The minimum absolute atomic E-state index is 0.139. The number of esters is 1. The highest BCUT2D eigenvalue weighted by atomic mass is 16.5. The maximum atomic E-state index is 12.7. The predicted molar refractivity (Wildman–Crippen MR) is 84.5 cm³/mol. The molecule has 3 heterocycles. The molecule has 0 N–H and O–H groups in total. The van der Waals surface area contributed by atoms with E-state index in [1.165, 1.54) is 6.26 Å². The molecule has 2 aromatic heterocycles. The molecule has 0 amide bonds. The molecule has 1 atom stereocenters. The Morgan fingerprint density at radius 1 is 1.30 bits per heavy atom. The number of carbonyl (C=O) groups is 2. The van der Waals surface area contributed by atoms with Crippen molar-refractivity contribution in [3.63, 3.8) is 0 Å². The van der Waals surface area contributed by atoms with E-state index in [9.17, 15) is 9.59 Å². The summed E-state index contributed by atoms with van der Waals surface area (Å²) in [5.74, 6) is -0.299. The monoisotopic (exact) mass is 315 g/mol. The number of aromatic nitrogens is 1. The number of hydrogen-bond donors (Lipinski definition) is 0. The molecule has 5 nitrogen and oxygen atoms in total. The summed E-state index contributed by atoms with van der Waals surface area (Å²) in [5.41, 5.74) is 2.24. The van der Waals surface area contributed by atoms with Crippen LogP contribution in [0.5, 0.6) is 0 Å². The van der Waals surface area contributed by atoms with Crippen molar-refractivity contribution >= 4 is 11.8 Å². The Kier molecular flexibility index (Phi) is 4.11. The van der Waals surface area contributed by atoms with Crippen LogP contribution in [0.2, 0.25) is 0 Å². The Hall–Kier alpha value is -2.30. The van der Waals surface area contributed by atoms with Crippen molar-refractivity contribution in [3.05, 3.63) is 47.2 Å². The van der Waals surface area contributed by atoms with Gasteiger partial charge in [-0.15, -0.1) is 0 Å². The number of aryl methyl sites for hydroxylation is 1. The van der Waals surface area contributed by atoms with Crippen molar-refractivity contribution in [2.45, 2.75) is 52.2 Å². The van der Waals surface area contributed by atoms with Crippen molar-refractivity contribution in [1.82, 2.24) is 4.57 Å². The average molecular weight is 315 g/mol. The van der Waals surface area contributed by atoms with Crippen LogP contribution in [0.3, 0.4) is 0 Å². The third kappa shape index (κ3) is 2.83. The standard InChI is InChI=1S/C18H21NO4/c1-11(2)23-18(21)13-5-4-9-19-14(13)6-7-15(19)16(20)17-12(3)8-10-22-17/h6-8,10-11,13H,4-5,9H2,1-3H3. The first-order chi connectivity index (χ1) is 11.0. The van der Waals surface area contributed by atoms with E-state index < -0.39 is 0 Å². The number of hydrogen-bond acceptors (Lipinski definition) is 4. The van der Waals surface area contributed by atoms with Gasteiger partial charge in [-0.05, 0) is 57.4 Å². The minimum atomic E-state index is -0.301. The van der Waals surface area contributed by atoms with Crippen LogP contribution in [0, 0.1) is 6.92 Å². The normalized spacial score (nSPS) is 17.1. The second-order valence-corrected chi connectivity index (χ2v) is 6.24. The summed E-state index contributed by atoms with van der Waals surface area (Å²) in [4.78, 5) is 25.0. The molecule has 122 valence electrons. The van der Waals surface area contributed by atoms with Gasteiger partial charge in [0.1, 0.15) is 0 Å². The lowest BCUT2D eigenvalue weighted by Gasteiger charge is -2.25. The van der Waals surface area contributed by atoms with Crippen LogP contribution in [-0.4, -0.2) is 22.4 Å². The SMILES string of the molecule is Cc1ccoc1C(=O)c1ccc2n1CCCC2C(=O)OC(C)C. The molecule has 0 radical (unpaired) electrons. The topological polar surface area (TPSA) is 61.4 Å². The molecule has 0 aromatic carbocycles. The Bertz CT molecular complexity index is 738. The number of carbonyl (C=O) groups excluding carboxylic acids is 2. The van der Waals surface area contributed by atoms with E-state index in [-0.39, 0.29) is 23.8 Å². The van der Waals surface area contributed by atoms with Crippen molar-refractivity contribution in [1.29, 1.82) is 0 Å². The van der Waals surface area contributed by atoms with Gasteiger partial charge in [0, 0.05) is 12.2 Å². The Balaban J connectivity index is 1.93. The van der Waals surface area contributed by atoms with Crippen LogP contribution >= 0.6 is 0 Å². The molecular formula is C18H21NO4. The molecule has 3 rings (SSSR count). The lowest BCUT2D eigenvalue weighted by atomic mass is 9.96. The van der Waals surface area contributed by atoms with Crippen molar-refractivity contribution in [2.75, 3.05) is 0 Å². The quantitative estimate of drug-likeness (QED) is 0.640.